The summed E-state index contributed by atoms with van der Waals surface area (Å²) >= 11 is 0. The zero-order valence-electron chi connectivity index (χ0n) is 14.0. The summed E-state index contributed by atoms with van der Waals surface area (Å²) in [6.07, 6.45) is 7.74. The second-order valence-corrected chi connectivity index (χ2v) is 5.49. The van der Waals surface area contributed by atoms with Gasteiger partial charge in [0.1, 0.15) is 24.5 Å². The van der Waals surface area contributed by atoms with Crippen molar-refractivity contribution >= 4 is 0 Å². The number of hydrogen-bond donors (Lipinski definition) is 1. The lowest BCUT2D eigenvalue weighted by molar-refractivity contribution is 0.298. The molecule has 0 radical (unpaired) electrons. The first-order valence-corrected chi connectivity index (χ1v) is 7.84. The van der Waals surface area contributed by atoms with Crippen LogP contribution in [0.1, 0.15) is 11.3 Å². The minimum absolute atomic E-state index is 0.126. The van der Waals surface area contributed by atoms with Crippen molar-refractivity contribution in [2.75, 3.05) is 0 Å². The predicted octanol–water partition coefficient (Wildman–Crippen LogP) is 4.16. The lowest BCUT2D eigenvalue weighted by Gasteiger charge is -2.04. The number of halogens is 2. The van der Waals surface area contributed by atoms with Crippen LogP contribution >= 0.6 is 0 Å². The highest BCUT2D eigenvalue weighted by Crippen LogP contribution is 2.21. The van der Waals surface area contributed by atoms with Gasteiger partial charge >= 0.3 is 0 Å². The Morgan fingerprint density at radius 2 is 1.96 bits per heavy atom. The van der Waals surface area contributed by atoms with Gasteiger partial charge in [-0.15, -0.1) is 0 Å². The summed E-state index contributed by atoms with van der Waals surface area (Å²) in [4.78, 5) is 14.8. The fourth-order valence-electron chi connectivity index (χ4n) is 2.33. The molecule has 0 aliphatic carbocycles. The third kappa shape index (κ3) is 4.60. The molecule has 7 heteroatoms. The Morgan fingerprint density at radius 1 is 1.08 bits per heavy atom. The first-order valence-electron chi connectivity index (χ1n) is 7.84. The average Bonchev–Trinajstić information content (AvgIpc) is 2.72. The summed E-state index contributed by atoms with van der Waals surface area (Å²) in [5.74, 6) is -0.539. The van der Waals surface area contributed by atoms with E-state index in [0.29, 0.717) is 11.4 Å². The highest BCUT2D eigenvalue weighted by Gasteiger charge is 2.03. The Balaban J connectivity index is 1.83. The van der Waals surface area contributed by atoms with Crippen molar-refractivity contribution in [1.82, 2.24) is 19.9 Å². The molecule has 26 heavy (non-hydrogen) atoms. The normalized spacial score (nSPS) is 10.3. The van der Waals surface area contributed by atoms with Crippen LogP contribution in [0, 0.1) is 18.7 Å². The summed E-state index contributed by atoms with van der Waals surface area (Å²) in [7, 11) is 0. The Labute approximate surface area is 149 Å². The second kappa shape index (κ2) is 8.15. The Bertz CT molecular complexity index is 958. The van der Waals surface area contributed by atoms with Gasteiger partial charge < -0.3 is 9.72 Å². The van der Waals surface area contributed by atoms with E-state index in [2.05, 4.69) is 19.9 Å². The molecule has 0 spiro atoms. The zero-order valence-corrected chi connectivity index (χ0v) is 14.0. The van der Waals surface area contributed by atoms with Crippen molar-refractivity contribution in [1.29, 1.82) is 0 Å². The highest BCUT2D eigenvalue weighted by atomic mass is 19.1. The van der Waals surface area contributed by atoms with Crippen LogP contribution in [0.2, 0.25) is 0 Å². The van der Waals surface area contributed by atoms with E-state index >= 15 is 0 Å². The van der Waals surface area contributed by atoms with Gasteiger partial charge in [0.2, 0.25) is 5.95 Å². The molecular weight excluding hydrogens is 338 g/mol. The standard InChI is InChI=1S/C19H16F2N4O/c1-13-6-15(20)2-3-18(13)14-8-22-10-16(25-12-23-9-14)11-26-17-4-5-24-19(21)7-17/h2-10,12,22H,11H2,1H3. The number of aromatic amines is 1. The molecule has 0 atom stereocenters. The molecule has 2 heterocycles. The molecule has 0 aliphatic heterocycles. The number of aromatic nitrogens is 4. The number of rotatable bonds is 4. The molecule has 2 aromatic heterocycles. The summed E-state index contributed by atoms with van der Waals surface area (Å²) in [6.45, 7) is 1.96. The molecule has 0 saturated heterocycles. The molecule has 0 fully saturated rings. The smallest absolute Gasteiger partial charge is 0.216 e. The fraction of sp³-hybridized carbons (Fsp3) is 0.105. The maximum Gasteiger partial charge on any atom is 0.216 e. The summed E-state index contributed by atoms with van der Waals surface area (Å²) in [5.41, 5.74) is 3.00. The van der Waals surface area contributed by atoms with Crippen LogP contribution in [0.5, 0.6) is 5.75 Å². The third-order valence-electron chi connectivity index (χ3n) is 3.58. The van der Waals surface area contributed by atoms with E-state index in [1.54, 1.807) is 30.7 Å². The van der Waals surface area contributed by atoms with Gasteiger partial charge in [-0.2, -0.15) is 4.39 Å². The summed E-state index contributed by atoms with van der Waals surface area (Å²) in [6, 6.07) is 7.32. The molecule has 3 rings (SSSR count). The van der Waals surface area contributed by atoms with Crippen LogP contribution in [-0.4, -0.2) is 19.9 Å². The monoisotopic (exact) mass is 354 g/mol. The van der Waals surface area contributed by atoms with E-state index in [1.165, 1.54) is 30.7 Å². The van der Waals surface area contributed by atoms with Gasteiger partial charge in [0, 0.05) is 36.4 Å². The van der Waals surface area contributed by atoms with Crippen molar-refractivity contribution in [3.63, 3.8) is 0 Å². The third-order valence-corrected chi connectivity index (χ3v) is 3.58. The number of nitrogens with zero attached hydrogens (tertiary/aromatic N) is 3. The lowest BCUT2D eigenvalue weighted by Crippen LogP contribution is -1.98. The first-order chi connectivity index (χ1) is 12.6. The number of aryl methyl sites for hydroxylation is 1. The van der Waals surface area contributed by atoms with Gasteiger partial charge in [-0.1, -0.05) is 6.07 Å². The minimum Gasteiger partial charge on any atom is -0.487 e. The van der Waals surface area contributed by atoms with Crippen molar-refractivity contribution in [2.45, 2.75) is 13.5 Å². The molecule has 132 valence electrons. The van der Waals surface area contributed by atoms with E-state index in [-0.39, 0.29) is 12.4 Å². The number of benzene rings is 1. The molecule has 5 nitrogen and oxygen atoms in total. The zero-order chi connectivity index (χ0) is 18.4. The SMILES string of the molecule is Cc1cc(F)ccc1-c1cncnc(COc2ccnc(F)c2)c[nH]c1. The summed E-state index contributed by atoms with van der Waals surface area (Å²) < 4.78 is 31.8. The van der Waals surface area contributed by atoms with Gasteiger partial charge in [-0.05, 0) is 36.2 Å². The van der Waals surface area contributed by atoms with Crippen LogP contribution in [0.15, 0.2) is 61.4 Å². The Kier molecular flexibility index (Phi) is 5.48. The van der Waals surface area contributed by atoms with Crippen molar-refractivity contribution < 1.29 is 13.5 Å². The van der Waals surface area contributed by atoms with Gasteiger partial charge in [0.25, 0.3) is 0 Å². The maximum absolute atomic E-state index is 13.3. The molecule has 0 amide bonds. The number of pyridine rings is 1. The number of ether oxygens (including phenoxy) is 1. The number of hydrogen-bond acceptors (Lipinski definition) is 4. The molecule has 1 aromatic carbocycles. The van der Waals surface area contributed by atoms with Gasteiger partial charge in [-0.25, -0.2) is 19.3 Å². The Hall–Kier alpha value is -3.35. The topological polar surface area (TPSA) is 63.7 Å². The van der Waals surface area contributed by atoms with Crippen molar-refractivity contribution in [3.05, 3.63) is 84.5 Å². The van der Waals surface area contributed by atoms with Crippen molar-refractivity contribution in [3.8, 4) is 16.9 Å². The fourth-order valence-corrected chi connectivity index (χ4v) is 2.33. The first kappa shape index (κ1) is 17.5. The molecule has 0 aliphatic rings. The van der Waals surface area contributed by atoms with Gasteiger partial charge in [-0.3, -0.25) is 0 Å². The van der Waals surface area contributed by atoms with E-state index in [1.807, 2.05) is 6.92 Å². The van der Waals surface area contributed by atoms with Gasteiger partial charge in [0.05, 0.1) is 5.69 Å². The van der Waals surface area contributed by atoms with Crippen LogP contribution < -0.4 is 4.74 Å². The quantitative estimate of drug-likeness (QED) is 0.715. The lowest BCUT2D eigenvalue weighted by atomic mass is 10.0. The van der Waals surface area contributed by atoms with E-state index in [9.17, 15) is 8.78 Å². The summed E-state index contributed by atoms with van der Waals surface area (Å²) in [5, 5.41) is 0. The van der Waals surface area contributed by atoms with Crippen LogP contribution in [0.4, 0.5) is 8.78 Å². The molecule has 0 saturated carbocycles. The molecule has 1 N–H and O–H groups in total. The number of nitrogens with one attached hydrogen (secondary N) is 1. The number of H-pyrrole nitrogens is 1. The van der Waals surface area contributed by atoms with Crippen LogP contribution in [0.3, 0.4) is 0 Å². The molecule has 0 unspecified atom stereocenters. The van der Waals surface area contributed by atoms with E-state index in [4.69, 9.17) is 4.74 Å². The largest absolute Gasteiger partial charge is 0.487 e. The van der Waals surface area contributed by atoms with Crippen LogP contribution in [-0.2, 0) is 6.61 Å². The second-order valence-electron chi connectivity index (χ2n) is 5.49. The average molecular weight is 354 g/mol. The predicted molar refractivity (Wildman–Crippen MR) is 92.7 cm³/mol. The molecular formula is C19H16F2N4O. The Morgan fingerprint density at radius 3 is 2.77 bits per heavy atom. The minimum atomic E-state index is -0.612. The van der Waals surface area contributed by atoms with E-state index in [0.717, 1.165) is 16.7 Å². The highest BCUT2D eigenvalue weighted by molar-refractivity contribution is 5.65. The van der Waals surface area contributed by atoms with Crippen molar-refractivity contribution in [2.24, 2.45) is 0 Å². The maximum atomic E-state index is 13.3. The molecule has 0 bridgehead atoms. The van der Waals surface area contributed by atoms with Gasteiger partial charge in [0.15, 0.2) is 0 Å². The van der Waals surface area contributed by atoms with Crippen LogP contribution in [0.25, 0.3) is 11.1 Å². The molecule has 3 aromatic rings. The van der Waals surface area contributed by atoms with E-state index < -0.39 is 5.95 Å².